The lowest BCUT2D eigenvalue weighted by molar-refractivity contribution is -0.127. The predicted molar refractivity (Wildman–Crippen MR) is 148 cm³/mol. The molecule has 6 nitrogen and oxygen atoms in total. The molecule has 0 aliphatic carbocycles. The number of carbonyl (C=O) groups excluding carboxylic acids is 1. The molecule has 1 amide bonds. The molecule has 0 radical (unpaired) electrons. The summed E-state index contributed by atoms with van der Waals surface area (Å²) < 4.78 is 5.56. The van der Waals surface area contributed by atoms with Gasteiger partial charge in [0.1, 0.15) is 0 Å². The van der Waals surface area contributed by atoms with E-state index in [1.54, 1.807) is 0 Å². The zero-order chi connectivity index (χ0) is 26.7. The second-order valence-corrected chi connectivity index (χ2v) is 12.0. The first-order chi connectivity index (χ1) is 17.5. The van der Waals surface area contributed by atoms with Gasteiger partial charge in [-0.3, -0.25) is 9.69 Å². The van der Waals surface area contributed by atoms with Crippen molar-refractivity contribution in [2.24, 2.45) is 11.8 Å². The molecule has 1 fully saturated rings. The number of aryl methyl sites for hydroxylation is 2. The Kier molecular flexibility index (Phi) is 8.17. The summed E-state index contributed by atoms with van der Waals surface area (Å²) in [7, 11) is 0. The Balaban J connectivity index is 1.31. The van der Waals surface area contributed by atoms with Gasteiger partial charge in [-0.25, -0.2) is 0 Å². The third-order valence-corrected chi connectivity index (χ3v) is 7.52. The number of amides is 1. The molecule has 1 saturated heterocycles. The molecular formula is C31H42N4O2. The largest absolute Gasteiger partial charge is 0.349 e. The molecule has 0 spiro atoms. The molecule has 1 aliphatic heterocycles. The highest BCUT2D eigenvalue weighted by Crippen LogP contribution is 2.28. The van der Waals surface area contributed by atoms with Crippen LogP contribution in [0.5, 0.6) is 0 Å². The van der Waals surface area contributed by atoms with Gasteiger partial charge in [-0.15, -0.1) is 0 Å². The molecule has 2 heterocycles. The van der Waals surface area contributed by atoms with E-state index in [9.17, 15) is 4.79 Å². The lowest BCUT2D eigenvalue weighted by atomic mass is 9.87. The minimum absolute atomic E-state index is 0.0282. The van der Waals surface area contributed by atoms with E-state index in [-0.39, 0.29) is 23.3 Å². The second kappa shape index (κ2) is 11.2. The lowest BCUT2D eigenvalue weighted by Gasteiger charge is -2.32. The highest BCUT2D eigenvalue weighted by Gasteiger charge is 2.29. The van der Waals surface area contributed by atoms with E-state index >= 15 is 0 Å². The molecule has 1 N–H and O–H groups in total. The van der Waals surface area contributed by atoms with Crippen molar-refractivity contribution in [1.29, 1.82) is 0 Å². The smallest absolute Gasteiger partial charge is 0.241 e. The van der Waals surface area contributed by atoms with Crippen molar-refractivity contribution in [3.8, 4) is 11.4 Å². The third kappa shape index (κ3) is 6.67. The minimum atomic E-state index is 0.0282. The highest BCUT2D eigenvalue weighted by atomic mass is 16.5. The molecule has 1 unspecified atom stereocenters. The maximum absolute atomic E-state index is 13.2. The van der Waals surface area contributed by atoms with Gasteiger partial charge in [-0.05, 0) is 67.8 Å². The van der Waals surface area contributed by atoms with Crippen LogP contribution >= 0.6 is 0 Å². The van der Waals surface area contributed by atoms with Crippen LogP contribution in [0.3, 0.4) is 0 Å². The Hall–Kier alpha value is -2.99. The Morgan fingerprint density at radius 1 is 1.08 bits per heavy atom. The number of piperidine rings is 1. The number of benzene rings is 2. The summed E-state index contributed by atoms with van der Waals surface area (Å²) in [5, 5.41) is 7.56. The Bertz CT molecular complexity index is 1200. The van der Waals surface area contributed by atoms with Gasteiger partial charge in [-0.2, -0.15) is 4.98 Å². The fourth-order valence-corrected chi connectivity index (χ4v) is 5.15. The quantitative estimate of drug-likeness (QED) is 0.406. The van der Waals surface area contributed by atoms with Gasteiger partial charge in [0.25, 0.3) is 0 Å². The van der Waals surface area contributed by atoms with Crippen LogP contribution in [0.1, 0.15) is 81.6 Å². The van der Waals surface area contributed by atoms with Crippen molar-refractivity contribution in [1.82, 2.24) is 20.4 Å². The Morgan fingerprint density at radius 2 is 1.76 bits per heavy atom. The zero-order valence-corrected chi connectivity index (χ0v) is 23.5. The van der Waals surface area contributed by atoms with Crippen LogP contribution in [-0.2, 0) is 16.8 Å². The molecule has 4 rings (SSSR count). The maximum atomic E-state index is 13.2. The lowest BCUT2D eigenvalue weighted by Crippen LogP contribution is -2.42. The summed E-state index contributed by atoms with van der Waals surface area (Å²) in [4.78, 5) is 20.1. The maximum Gasteiger partial charge on any atom is 0.241 e. The molecule has 2 aromatic carbocycles. The zero-order valence-electron chi connectivity index (χ0n) is 23.5. The summed E-state index contributed by atoms with van der Waals surface area (Å²) in [5.74, 6) is 1.75. The molecule has 1 aliphatic rings. The van der Waals surface area contributed by atoms with Gasteiger partial charge in [-0.1, -0.05) is 87.8 Å². The van der Waals surface area contributed by atoms with E-state index in [0.29, 0.717) is 24.2 Å². The first-order valence-corrected chi connectivity index (χ1v) is 13.5. The van der Waals surface area contributed by atoms with Crippen molar-refractivity contribution in [2.75, 3.05) is 13.1 Å². The summed E-state index contributed by atoms with van der Waals surface area (Å²) in [6.07, 6.45) is 1.66. The summed E-state index contributed by atoms with van der Waals surface area (Å²) in [6, 6.07) is 14.9. The topological polar surface area (TPSA) is 71.3 Å². The van der Waals surface area contributed by atoms with Crippen LogP contribution in [0.15, 0.2) is 47.0 Å². The summed E-state index contributed by atoms with van der Waals surface area (Å²) in [6.45, 7) is 17.5. The highest BCUT2D eigenvalue weighted by molar-refractivity contribution is 5.79. The van der Waals surface area contributed by atoms with Gasteiger partial charge < -0.3 is 9.84 Å². The molecule has 3 aromatic rings. The normalized spacial score (nSPS) is 16.2. The molecule has 0 saturated carbocycles. The van der Waals surface area contributed by atoms with Crippen molar-refractivity contribution < 1.29 is 9.32 Å². The minimum Gasteiger partial charge on any atom is -0.349 e. The molecular weight excluding hydrogens is 460 g/mol. The molecule has 37 heavy (non-hydrogen) atoms. The first-order valence-electron chi connectivity index (χ1n) is 13.5. The first kappa shape index (κ1) is 27.1. The number of hydrogen-bond donors (Lipinski definition) is 1. The number of nitrogens with zero attached hydrogens (tertiary/aromatic N) is 3. The van der Waals surface area contributed by atoms with Gasteiger partial charge in [0.15, 0.2) is 0 Å². The van der Waals surface area contributed by atoms with Crippen LogP contribution in [0.4, 0.5) is 0 Å². The number of hydrogen-bond acceptors (Lipinski definition) is 5. The van der Waals surface area contributed by atoms with Gasteiger partial charge in [0, 0.05) is 11.5 Å². The van der Waals surface area contributed by atoms with Crippen LogP contribution < -0.4 is 5.32 Å². The van der Waals surface area contributed by atoms with Crippen LogP contribution in [-0.4, -0.2) is 34.0 Å². The SMILES string of the molecule is Cc1ccc(C(NC(=O)C2CCN(Cc3nc(-c4ccc(C(C)(C)C)cc4)no3)CC2)C(C)C)c(C)c1. The van der Waals surface area contributed by atoms with Crippen LogP contribution in [0, 0.1) is 25.7 Å². The third-order valence-electron chi connectivity index (χ3n) is 7.52. The monoisotopic (exact) mass is 502 g/mol. The Labute approximate surface area is 221 Å². The fourth-order valence-electron chi connectivity index (χ4n) is 5.15. The van der Waals surface area contributed by atoms with Gasteiger partial charge >= 0.3 is 0 Å². The summed E-state index contributed by atoms with van der Waals surface area (Å²) in [5.41, 5.74) is 6.04. The van der Waals surface area contributed by atoms with E-state index in [1.165, 1.54) is 22.3 Å². The number of nitrogens with one attached hydrogen (secondary N) is 1. The average Bonchev–Trinajstić information content (AvgIpc) is 3.31. The van der Waals surface area contributed by atoms with Crippen LogP contribution in [0.25, 0.3) is 11.4 Å². The molecule has 6 heteroatoms. The van der Waals surface area contributed by atoms with Crippen molar-refractivity contribution in [2.45, 2.75) is 79.3 Å². The molecule has 1 aromatic heterocycles. The number of likely N-dealkylation sites (tertiary alicyclic amines) is 1. The van der Waals surface area contributed by atoms with Crippen LogP contribution in [0.2, 0.25) is 0 Å². The fraction of sp³-hybridized carbons (Fsp3) is 0.516. The van der Waals surface area contributed by atoms with E-state index in [0.717, 1.165) is 31.5 Å². The van der Waals surface area contributed by atoms with Crippen molar-refractivity contribution >= 4 is 5.91 Å². The molecule has 1 atom stereocenters. The van der Waals surface area contributed by atoms with Gasteiger partial charge in [0.2, 0.25) is 17.6 Å². The summed E-state index contributed by atoms with van der Waals surface area (Å²) >= 11 is 0. The van der Waals surface area contributed by atoms with Crippen molar-refractivity contribution in [3.05, 3.63) is 70.6 Å². The predicted octanol–water partition coefficient (Wildman–Crippen LogP) is 6.38. The number of aromatic nitrogens is 2. The van der Waals surface area contributed by atoms with E-state index in [4.69, 9.17) is 4.52 Å². The Morgan fingerprint density at radius 3 is 2.35 bits per heavy atom. The number of rotatable bonds is 7. The molecule has 198 valence electrons. The number of carbonyl (C=O) groups is 1. The molecule has 0 bridgehead atoms. The second-order valence-electron chi connectivity index (χ2n) is 12.0. The average molecular weight is 503 g/mol. The van der Waals surface area contributed by atoms with E-state index < -0.39 is 0 Å². The van der Waals surface area contributed by atoms with E-state index in [1.807, 2.05) is 0 Å². The van der Waals surface area contributed by atoms with E-state index in [2.05, 4.69) is 111 Å². The standard InChI is InChI=1S/C31H42N4O2/c1-20(2)28(26-13-8-21(3)18-22(26)4)33-30(36)24-14-16-35(17-15-24)19-27-32-29(34-37-27)23-9-11-25(12-10-23)31(5,6)7/h8-13,18,20,24,28H,14-17,19H2,1-7H3,(H,33,36). The van der Waals surface area contributed by atoms with Gasteiger partial charge in [0.05, 0.1) is 12.6 Å². The van der Waals surface area contributed by atoms with Crippen molar-refractivity contribution in [3.63, 3.8) is 0 Å².